The summed E-state index contributed by atoms with van der Waals surface area (Å²) in [5.74, 6) is 3.65. The molecule has 2 N–H and O–H groups in total. The van der Waals surface area contributed by atoms with Gasteiger partial charge in [0.25, 0.3) is 0 Å². The average molecular weight is 283 g/mol. The van der Waals surface area contributed by atoms with E-state index in [4.69, 9.17) is 10.5 Å². The number of aromatic nitrogens is 2. The molecule has 1 fully saturated rings. The third-order valence-corrected chi connectivity index (χ3v) is 3.86. The minimum atomic E-state index is 0.457. The van der Waals surface area contributed by atoms with Crippen LogP contribution in [0.4, 0.5) is 5.82 Å². The summed E-state index contributed by atoms with van der Waals surface area (Å²) in [6.07, 6.45) is 2.29. The molecule has 1 saturated carbocycles. The van der Waals surface area contributed by atoms with Gasteiger partial charge in [0.15, 0.2) is 0 Å². The number of rotatable bonds is 4. The van der Waals surface area contributed by atoms with Crippen LogP contribution in [0.2, 0.25) is 0 Å². The highest BCUT2D eigenvalue weighted by molar-refractivity contribution is 5.46. The smallest absolute Gasteiger partial charge is 0.227 e. The molecule has 110 valence electrons. The summed E-state index contributed by atoms with van der Waals surface area (Å²) in [7, 11) is 0. The zero-order valence-electron chi connectivity index (χ0n) is 12.8. The maximum atomic E-state index is 5.97. The minimum absolute atomic E-state index is 0.457. The second-order valence-electron chi connectivity index (χ2n) is 6.00. The zero-order chi connectivity index (χ0) is 15.0. The Balaban J connectivity index is 1.86. The molecule has 0 atom stereocenters. The molecule has 21 heavy (non-hydrogen) atoms. The van der Waals surface area contributed by atoms with Crippen LogP contribution in [-0.2, 0) is 0 Å². The lowest BCUT2D eigenvalue weighted by Gasteiger charge is -2.12. The molecule has 0 saturated heterocycles. The van der Waals surface area contributed by atoms with Crippen molar-refractivity contribution in [2.75, 3.05) is 5.73 Å². The fraction of sp³-hybridized carbons (Fsp3) is 0.412. The summed E-state index contributed by atoms with van der Waals surface area (Å²) in [6, 6.07) is 8.12. The lowest BCUT2D eigenvalue weighted by Crippen LogP contribution is -2.04. The highest BCUT2D eigenvalue weighted by Gasteiger charge is 2.28. The molecule has 1 aromatic carbocycles. The largest absolute Gasteiger partial charge is 0.439 e. The van der Waals surface area contributed by atoms with Crippen LogP contribution in [0.1, 0.15) is 55.5 Å². The molecule has 1 aromatic heterocycles. The van der Waals surface area contributed by atoms with E-state index in [1.807, 2.05) is 19.1 Å². The molecule has 0 aliphatic heterocycles. The van der Waals surface area contributed by atoms with Gasteiger partial charge in [0.1, 0.15) is 17.4 Å². The van der Waals surface area contributed by atoms with E-state index in [0.29, 0.717) is 23.5 Å². The summed E-state index contributed by atoms with van der Waals surface area (Å²) in [5.41, 5.74) is 8.06. The van der Waals surface area contributed by atoms with E-state index in [2.05, 4.69) is 35.9 Å². The van der Waals surface area contributed by atoms with Gasteiger partial charge in [-0.2, -0.15) is 4.98 Å². The van der Waals surface area contributed by atoms with Gasteiger partial charge in [0.2, 0.25) is 5.88 Å². The van der Waals surface area contributed by atoms with Crippen LogP contribution in [0, 0.1) is 6.92 Å². The Kier molecular flexibility index (Phi) is 3.53. The SMILES string of the molecule is Cc1c(N)nc(C2CC2)nc1Oc1ccc(C(C)C)cc1. The van der Waals surface area contributed by atoms with Crippen LogP contribution >= 0.6 is 0 Å². The van der Waals surface area contributed by atoms with Gasteiger partial charge in [0.05, 0.1) is 5.56 Å². The quantitative estimate of drug-likeness (QED) is 0.915. The number of ether oxygens (including phenoxy) is 1. The third-order valence-electron chi connectivity index (χ3n) is 3.86. The van der Waals surface area contributed by atoms with Gasteiger partial charge in [-0.25, -0.2) is 4.98 Å². The summed E-state index contributed by atoms with van der Waals surface area (Å²) < 4.78 is 5.91. The Morgan fingerprint density at radius 1 is 1.14 bits per heavy atom. The summed E-state index contributed by atoms with van der Waals surface area (Å²) in [6.45, 7) is 6.24. The van der Waals surface area contributed by atoms with Gasteiger partial charge in [0, 0.05) is 5.92 Å². The second-order valence-corrected chi connectivity index (χ2v) is 6.00. The van der Waals surface area contributed by atoms with Gasteiger partial charge in [-0.3, -0.25) is 0 Å². The van der Waals surface area contributed by atoms with Crippen LogP contribution in [0.3, 0.4) is 0 Å². The van der Waals surface area contributed by atoms with Crippen LogP contribution < -0.4 is 10.5 Å². The first-order valence-corrected chi connectivity index (χ1v) is 7.46. The molecule has 0 bridgehead atoms. The van der Waals surface area contributed by atoms with Crippen molar-refractivity contribution < 1.29 is 4.74 Å². The van der Waals surface area contributed by atoms with E-state index in [-0.39, 0.29) is 0 Å². The Hall–Kier alpha value is -2.10. The average Bonchev–Trinajstić information content (AvgIpc) is 3.29. The molecule has 2 aromatic rings. The number of anilines is 1. The third kappa shape index (κ3) is 2.99. The molecule has 1 heterocycles. The second kappa shape index (κ2) is 5.35. The van der Waals surface area contributed by atoms with Crippen molar-refractivity contribution in [3.63, 3.8) is 0 Å². The normalized spacial score (nSPS) is 14.5. The van der Waals surface area contributed by atoms with Crippen molar-refractivity contribution in [3.05, 3.63) is 41.2 Å². The van der Waals surface area contributed by atoms with Crippen molar-refractivity contribution in [3.8, 4) is 11.6 Å². The molecule has 0 amide bonds. The molecule has 3 rings (SSSR count). The summed E-state index contributed by atoms with van der Waals surface area (Å²) in [5, 5.41) is 0. The molecule has 4 heteroatoms. The van der Waals surface area contributed by atoms with Crippen molar-refractivity contribution in [2.45, 2.75) is 45.4 Å². The molecular weight excluding hydrogens is 262 g/mol. The van der Waals surface area contributed by atoms with Gasteiger partial charge >= 0.3 is 0 Å². The first-order chi connectivity index (χ1) is 10.0. The molecule has 1 aliphatic carbocycles. The van der Waals surface area contributed by atoms with Gasteiger partial charge in [-0.15, -0.1) is 0 Å². The Bertz CT molecular complexity index is 646. The number of nitrogens with two attached hydrogens (primary N) is 1. The van der Waals surface area contributed by atoms with E-state index in [0.717, 1.165) is 30.0 Å². The van der Waals surface area contributed by atoms with Crippen LogP contribution in [0.15, 0.2) is 24.3 Å². The maximum absolute atomic E-state index is 5.97. The molecule has 0 spiro atoms. The summed E-state index contributed by atoms with van der Waals surface area (Å²) >= 11 is 0. The number of hydrogen-bond donors (Lipinski definition) is 1. The molecule has 0 radical (unpaired) electrons. The molecule has 0 unspecified atom stereocenters. The molecular formula is C17H21N3O. The summed E-state index contributed by atoms with van der Waals surface area (Å²) in [4.78, 5) is 8.90. The van der Waals surface area contributed by atoms with Gasteiger partial charge < -0.3 is 10.5 Å². The monoisotopic (exact) mass is 283 g/mol. The van der Waals surface area contributed by atoms with Crippen molar-refractivity contribution >= 4 is 5.82 Å². The van der Waals surface area contributed by atoms with E-state index in [9.17, 15) is 0 Å². The predicted molar refractivity (Wildman–Crippen MR) is 83.8 cm³/mol. The number of nitrogens with zero attached hydrogens (tertiary/aromatic N) is 2. The Labute approximate surface area is 125 Å². The lowest BCUT2D eigenvalue weighted by molar-refractivity contribution is 0.454. The Morgan fingerprint density at radius 2 is 1.81 bits per heavy atom. The molecule has 1 aliphatic rings. The zero-order valence-corrected chi connectivity index (χ0v) is 12.8. The first kappa shape index (κ1) is 13.9. The van der Waals surface area contributed by atoms with Gasteiger partial charge in [-0.05, 0) is 43.4 Å². The van der Waals surface area contributed by atoms with Crippen molar-refractivity contribution in [1.82, 2.24) is 9.97 Å². The van der Waals surface area contributed by atoms with Crippen LogP contribution in [-0.4, -0.2) is 9.97 Å². The van der Waals surface area contributed by atoms with Crippen molar-refractivity contribution in [1.29, 1.82) is 0 Å². The van der Waals surface area contributed by atoms with Crippen LogP contribution in [0.5, 0.6) is 11.6 Å². The van der Waals surface area contributed by atoms with Gasteiger partial charge in [-0.1, -0.05) is 26.0 Å². The number of hydrogen-bond acceptors (Lipinski definition) is 4. The van der Waals surface area contributed by atoms with E-state index >= 15 is 0 Å². The fourth-order valence-electron chi connectivity index (χ4n) is 2.19. The lowest BCUT2D eigenvalue weighted by atomic mass is 10.0. The highest BCUT2D eigenvalue weighted by atomic mass is 16.5. The predicted octanol–water partition coefficient (Wildman–Crippen LogP) is 4.16. The minimum Gasteiger partial charge on any atom is -0.439 e. The highest BCUT2D eigenvalue weighted by Crippen LogP contribution is 2.40. The van der Waals surface area contributed by atoms with E-state index in [1.165, 1.54) is 5.56 Å². The maximum Gasteiger partial charge on any atom is 0.227 e. The number of benzene rings is 1. The Morgan fingerprint density at radius 3 is 2.38 bits per heavy atom. The topological polar surface area (TPSA) is 61.0 Å². The fourth-order valence-corrected chi connectivity index (χ4v) is 2.19. The van der Waals surface area contributed by atoms with E-state index in [1.54, 1.807) is 0 Å². The standard InChI is InChI=1S/C17H21N3O/c1-10(2)12-6-8-14(9-7-12)21-17-11(3)15(18)19-16(20-17)13-4-5-13/h6-10,13H,4-5H2,1-3H3,(H2,18,19,20). The number of nitrogen functional groups attached to an aromatic ring is 1. The molecule has 4 nitrogen and oxygen atoms in total. The first-order valence-electron chi connectivity index (χ1n) is 7.46. The van der Waals surface area contributed by atoms with E-state index < -0.39 is 0 Å². The van der Waals surface area contributed by atoms with Crippen molar-refractivity contribution in [2.24, 2.45) is 0 Å². The van der Waals surface area contributed by atoms with Crippen LogP contribution in [0.25, 0.3) is 0 Å².